The van der Waals surface area contributed by atoms with Gasteiger partial charge in [-0.15, -0.1) is 0 Å². The maximum absolute atomic E-state index is 12.5. The van der Waals surface area contributed by atoms with Gasteiger partial charge in [0.2, 0.25) is 0 Å². The molecule has 0 heterocycles. The molecule has 1 aliphatic carbocycles. The van der Waals surface area contributed by atoms with Crippen LogP contribution in [0.5, 0.6) is 0 Å². The molecule has 0 aromatic heterocycles. The molecule has 0 unspecified atom stereocenters. The summed E-state index contributed by atoms with van der Waals surface area (Å²) < 4.78 is 14.7. The zero-order valence-corrected chi connectivity index (χ0v) is 14.0. The van der Waals surface area contributed by atoms with Crippen molar-refractivity contribution in [1.82, 2.24) is 0 Å². The first-order valence-corrected chi connectivity index (χ1v) is 7.61. The van der Waals surface area contributed by atoms with E-state index in [2.05, 4.69) is 0 Å². The molecule has 0 bridgehead atoms. The second kappa shape index (κ2) is 7.29. The topological polar surface area (TPSA) is 78.9 Å². The van der Waals surface area contributed by atoms with Crippen molar-refractivity contribution in [3.63, 3.8) is 0 Å². The summed E-state index contributed by atoms with van der Waals surface area (Å²) in [4.78, 5) is 37.0. The SMILES string of the molecule is CCOC(=O)CC1=Cc2ccccc2CC1(C(=O)OC)C(=O)OC. The number of hydrogen-bond acceptors (Lipinski definition) is 6. The lowest BCUT2D eigenvalue weighted by atomic mass is 9.69. The lowest BCUT2D eigenvalue weighted by Crippen LogP contribution is -2.46. The molecular weight excluding hydrogens is 312 g/mol. The minimum atomic E-state index is -1.68. The maximum Gasteiger partial charge on any atom is 0.327 e. The number of carbonyl (C=O) groups excluding carboxylic acids is 3. The Kier molecular flexibility index (Phi) is 5.39. The molecule has 0 fully saturated rings. The van der Waals surface area contributed by atoms with Crippen LogP contribution in [-0.2, 0) is 35.0 Å². The second-order valence-electron chi connectivity index (χ2n) is 5.42. The third kappa shape index (κ3) is 3.04. The Labute approximate surface area is 140 Å². The van der Waals surface area contributed by atoms with Gasteiger partial charge in [-0.2, -0.15) is 0 Å². The van der Waals surface area contributed by atoms with Crippen LogP contribution in [0.4, 0.5) is 0 Å². The standard InChI is InChI=1S/C18H20O6/c1-4-24-15(19)10-14-9-12-7-5-6-8-13(12)11-18(14,16(20)22-2)17(21)23-3/h5-9H,4,10-11H2,1-3H3. The predicted octanol–water partition coefficient (Wildman–Crippen LogP) is 1.91. The van der Waals surface area contributed by atoms with Crippen LogP contribution < -0.4 is 0 Å². The van der Waals surface area contributed by atoms with Crippen LogP contribution in [0.2, 0.25) is 0 Å². The number of methoxy groups -OCH3 is 2. The molecule has 24 heavy (non-hydrogen) atoms. The molecule has 1 aromatic rings. The van der Waals surface area contributed by atoms with E-state index in [0.717, 1.165) is 11.1 Å². The molecule has 2 rings (SSSR count). The fraction of sp³-hybridized carbons (Fsp3) is 0.389. The zero-order chi connectivity index (χ0) is 17.7. The van der Waals surface area contributed by atoms with Gasteiger partial charge in [0, 0.05) is 6.42 Å². The molecule has 0 N–H and O–H groups in total. The number of fused-ring (bicyclic) bond motifs is 1. The molecule has 0 atom stereocenters. The Morgan fingerprint density at radius 2 is 1.71 bits per heavy atom. The van der Waals surface area contributed by atoms with Gasteiger partial charge in [-0.25, -0.2) is 0 Å². The van der Waals surface area contributed by atoms with Gasteiger partial charge in [0.25, 0.3) is 0 Å². The number of ether oxygens (including phenoxy) is 3. The summed E-state index contributed by atoms with van der Waals surface area (Å²) in [6.45, 7) is 1.91. The second-order valence-corrected chi connectivity index (χ2v) is 5.42. The van der Waals surface area contributed by atoms with E-state index in [-0.39, 0.29) is 19.4 Å². The van der Waals surface area contributed by atoms with Crippen LogP contribution in [0.1, 0.15) is 24.5 Å². The molecule has 0 radical (unpaired) electrons. The fourth-order valence-electron chi connectivity index (χ4n) is 2.95. The summed E-state index contributed by atoms with van der Waals surface area (Å²) in [5.74, 6) is -2.01. The van der Waals surface area contributed by atoms with E-state index in [9.17, 15) is 14.4 Å². The van der Waals surface area contributed by atoms with E-state index >= 15 is 0 Å². The van der Waals surface area contributed by atoms with E-state index in [4.69, 9.17) is 14.2 Å². The summed E-state index contributed by atoms with van der Waals surface area (Å²) in [6, 6.07) is 7.36. The van der Waals surface area contributed by atoms with Crippen molar-refractivity contribution in [2.24, 2.45) is 5.41 Å². The van der Waals surface area contributed by atoms with Crippen molar-refractivity contribution in [3.8, 4) is 0 Å². The first kappa shape index (κ1) is 17.7. The number of benzene rings is 1. The Balaban J connectivity index is 2.59. The molecule has 0 saturated carbocycles. The quantitative estimate of drug-likeness (QED) is 0.466. The average molecular weight is 332 g/mol. The first-order valence-electron chi connectivity index (χ1n) is 7.61. The van der Waals surface area contributed by atoms with Crippen molar-refractivity contribution >= 4 is 24.0 Å². The van der Waals surface area contributed by atoms with E-state index in [1.165, 1.54) is 14.2 Å². The third-order valence-electron chi connectivity index (χ3n) is 4.10. The molecular formula is C18H20O6. The molecule has 6 nitrogen and oxygen atoms in total. The van der Waals surface area contributed by atoms with E-state index < -0.39 is 23.3 Å². The maximum atomic E-state index is 12.5. The molecule has 1 aromatic carbocycles. The van der Waals surface area contributed by atoms with Crippen LogP contribution in [-0.4, -0.2) is 38.7 Å². The highest BCUT2D eigenvalue weighted by Gasteiger charge is 2.53. The monoisotopic (exact) mass is 332 g/mol. The van der Waals surface area contributed by atoms with Gasteiger partial charge in [0.05, 0.1) is 27.2 Å². The van der Waals surface area contributed by atoms with E-state index in [1.807, 2.05) is 24.3 Å². The average Bonchev–Trinajstić information content (AvgIpc) is 2.59. The van der Waals surface area contributed by atoms with Crippen molar-refractivity contribution in [2.75, 3.05) is 20.8 Å². The highest BCUT2D eigenvalue weighted by atomic mass is 16.5. The van der Waals surface area contributed by atoms with Crippen molar-refractivity contribution in [1.29, 1.82) is 0 Å². The van der Waals surface area contributed by atoms with Gasteiger partial charge < -0.3 is 14.2 Å². The Morgan fingerprint density at radius 3 is 2.29 bits per heavy atom. The van der Waals surface area contributed by atoms with Gasteiger partial charge in [-0.3, -0.25) is 14.4 Å². The molecule has 128 valence electrons. The summed E-state index contributed by atoms with van der Waals surface area (Å²) >= 11 is 0. The molecule has 0 saturated heterocycles. The van der Waals surface area contributed by atoms with Crippen LogP contribution >= 0.6 is 0 Å². The summed E-state index contributed by atoms with van der Waals surface area (Å²) in [6.07, 6.45) is 1.56. The summed E-state index contributed by atoms with van der Waals surface area (Å²) in [7, 11) is 2.41. The largest absolute Gasteiger partial charge is 0.468 e. The van der Waals surface area contributed by atoms with Gasteiger partial charge in [-0.05, 0) is 23.6 Å². The fourth-order valence-corrected chi connectivity index (χ4v) is 2.95. The molecule has 0 amide bonds. The minimum Gasteiger partial charge on any atom is -0.468 e. The zero-order valence-electron chi connectivity index (χ0n) is 14.0. The Bertz CT molecular complexity index is 673. The van der Waals surface area contributed by atoms with Gasteiger partial charge >= 0.3 is 17.9 Å². The normalized spacial score (nSPS) is 14.9. The summed E-state index contributed by atoms with van der Waals surface area (Å²) in [5, 5.41) is 0. The van der Waals surface area contributed by atoms with Crippen molar-refractivity contribution in [2.45, 2.75) is 19.8 Å². The molecule has 0 aliphatic heterocycles. The number of carbonyl (C=O) groups is 3. The lowest BCUT2D eigenvalue weighted by Gasteiger charge is -2.34. The van der Waals surface area contributed by atoms with Crippen molar-refractivity contribution in [3.05, 3.63) is 41.0 Å². The smallest absolute Gasteiger partial charge is 0.327 e. The highest BCUT2D eigenvalue weighted by molar-refractivity contribution is 6.06. The number of hydrogen-bond donors (Lipinski definition) is 0. The molecule has 0 spiro atoms. The van der Waals surface area contributed by atoms with Crippen LogP contribution in [0.25, 0.3) is 6.08 Å². The first-order chi connectivity index (χ1) is 11.5. The van der Waals surface area contributed by atoms with Crippen LogP contribution in [0.3, 0.4) is 0 Å². The third-order valence-corrected chi connectivity index (χ3v) is 4.10. The highest BCUT2D eigenvalue weighted by Crippen LogP contribution is 2.42. The van der Waals surface area contributed by atoms with Crippen LogP contribution in [0.15, 0.2) is 29.8 Å². The number of esters is 3. The number of rotatable bonds is 5. The van der Waals surface area contributed by atoms with Crippen molar-refractivity contribution < 1.29 is 28.6 Å². The Morgan fingerprint density at radius 1 is 1.08 bits per heavy atom. The van der Waals surface area contributed by atoms with Gasteiger partial charge in [0.15, 0.2) is 5.41 Å². The minimum absolute atomic E-state index is 0.0771. The molecule has 1 aliphatic rings. The van der Waals surface area contributed by atoms with E-state index in [0.29, 0.717) is 5.57 Å². The summed E-state index contributed by atoms with van der Waals surface area (Å²) in [5.41, 5.74) is 0.296. The van der Waals surface area contributed by atoms with Gasteiger partial charge in [-0.1, -0.05) is 30.3 Å². The lowest BCUT2D eigenvalue weighted by molar-refractivity contribution is -0.166. The molecule has 6 heteroatoms. The van der Waals surface area contributed by atoms with Crippen LogP contribution in [0, 0.1) is 5.41 Å². The van der Waals surface area contributed by atoms with E-state index in [1.54, 1.807) is 13.0 Å². The Hall–Kier alpha value is -2.63. The predicted molar refractivity (Wildman–Crippen MR) is 85.8 cm³/mol. The van der Waals surface area contributed by atoms with Gasteiger partial charge in [0.1, 0.15) is 0 Å².